The highest BCUT2D eigenvalue weighted by atomic mass is 16.3. The van der Waals surface area contributed by atoms with Gasteiger partial charge in [-0.3, -0.25) is 4.79 Å². The van der Waals surface area contributed by atoms with E-state index in [0.717, 1.165) is 77.9 Å². The first-order valence-corrected chi connectivity index (χ1v) is 14.9. The number of carbonyl (C=O) groups is 1. The third-order valence-electron chi connectivity index (χ3n) is 7.80. The number of hydrogen-bond acceptors (Lipinski definition) is 5. The molecule has 4 rings (SSSR count). The van der Waals surface area contributed by atoms with Gasteiger partial charge in [0.25, 0.3) is 5.88 Å². The second-order valence-electron chi connectivity index (χ2n) is 11.3. The number of amides is 1. The van der Waals surface area contributed by atoms with Crippen molar-refractivity contribution in [3.63, 3.8) is 0 Å². The first-order chi connectivity index (χ1) is 20.0. The number of aromatic nitrogens is 2. The first kappa shape index (κ1) is 30.8. The van der Waals surface area contributed by atoms with E-state index < -0.39 is 0 Å². The molecule has 42 heavy (non-hydrogen) atoms. The van der Waals surface area contributed by atoms with E-state index in [1.165, 1.54) is 0 Å². The molecule has 1 aromatic heterocycles. The first-order valence-electron chi connectivity index (χ1n) is 14.9. The number of aliphatic hydroxyl groups excluding tert-OH is 1. The van der Waals surface area contributed by atoms with Crippen LogP contribution in [0.15, 0.2) is 104 Å². The van der Waals surface area contributed by atoms with Crippen molar-refractivity contribution in [2.75, 3.05) is 13.6 Å². The number of nitrogens with zero attached hydrogens (tertiary/aromatic N) is 6. The maximum absolute atomic E-state index is 13.3. The SMILES string of the molecule is CCCCN1C=CN(C)C1=C(O)N=C1C(C)=CC(=C2C=C(C)C(=NC(=O)c3n(CCCC)cc[n+]3C)C(C)=C2)C=C1C. The van der Waals surface area contributed by atoms with Crippen molar-refractivity contribution < 1.29 is 14.5 Å². The molecular formula is C34H45N6O2+. The lowest BCUT2D eigenvalue weighted by molar-refractivity contribution is -0.673. The van der Waals surface area contributed by atoms with Crippen LogP contribution in [0, 0.1) is 0 Å². The Morgan fingerprint density at radius 1 is 0.833 bits per heavy atom. The zero-order valence-electron chi connectivity index (χ0n) is 26.4. The Labute approximate surface area is 250 Å². The molecule has 0 saturated carbocycles. The van der Waals surface area contributed by atoms with Crippen LogP contribution < -0.4 is 4.57 Å². The minimum absolute atomic E-state index is 0.00844. The molecular weight excluding hydrogens is 524 g/mol. The van der Waals surface area contributed by atoms with Crippen molar-refractivity contribution in [1.82, 2.24) is 14.4 Å². The predicted molar refractivity (Wildman–Crippen MR) is 170 cm³/mol. The summed E-state index contributed by atoms with van der Waals surface area (Å²) in [5.41, 5.74) is 7.44. The van der Waals surface area contributed by atoms with E-state index in [1.54, 1.807) is 0 Å². The average Bonchev–Trinajstić information content (AvgIpc) is 3.51. The Morgan fingerprint density at radius 2 is 1.36 bits per heavy atom. The van der Waals surface area contributed by atoms with Crippen LogP contribution >= 0.6 is 0 Å². The molecule has 2 aliphatic carbocycles. The van der Waals surface area contributed by atoms with Crippen molar-refractivity contribution in [1.29, 1.82) is 0 Å². The van der Waals surface area contributed by atoms with Crippen molar-refractivity contribution in [3.8, 4) is 0 Å². The van der Waals surface area contributed by atoms with Gasteiger partial charge >= 0.3 is 11.7 Å². The molecule has 2 heterocycles. The summed E-state index contributed by atoms with van der Waals surface area (Å²) in [5, 5.41) is 11.0. The summed E-state index contributed by atoms with van der Waals surface area (Å²) in [5.74, 6) is 1.05. The fourth-order valence-electron chi connectivity index (χ4n) is 5.53. The second kappa shape index (κ2) is 13.2. The number of aliphatic imine (C=N–C) groups is 2. The number of carbonyl (C=O) groups excluding carboxylic acids is 1. The Kier molecular flexibility index (Phi) is 9.66. The van der Waals surface area contributed by atoms with Crippen LogP contribution in [0.4, 0.5) is 0 Å². The molecule has 0 fully saturated rings. The largest absolute Gasteiger partial charge is 0.491 e. The fraction of sp³-hybridized carbons (Fsp3) is 0.412. The quantitative estimate of drug-likeness (QED) is 0.288. The number of aryl methyl sites for hydroxylation is 2. The number of aliphatic hydroxyl groups is 1. The lowest BCUT2D eigenvalue weighted by atomic mass is 9.87. The maximum Gasteiger partial charge on any atom is 0.360 e. The van der Waals surface area contributed by atoms with Gasteiger partial charge in [-0.05, 0) is 98.3 Å². The van der Waals surface area contributed by atoms with E-state index in [-0.39, 0.29) is 11.8 Å². The average molecular weight is 570 g/mol. The van der Waals surface area contributed by atoms with Gasteiger partial charge in [-0.25, -0.2) is 19.1 Å². The number of hydrogen-bond donors (Lipinski definition) is 1. The Balaban J connectivity index is 1.62. The topological polar surface area (TPSA) is 77.3 Å². The second-order valence-corrected chi connectivity index (χ2v) is 11.3. The van der Waals surface area contributed by atoms with Crippen molar-refractivity contribution in [2.45, 2.75) is 73.8 Å². The molecule has 0 radical (unpaired) electrons. The molecule has 8 nitrogen and oxygen atoms in total. The van der Waals surface area contributed by atoms with E-state index in [4.69, 9.17) is 0 Å². The van der Waals surface area contributed by atoms with E-state index in [0.29, 0.717) is 17.4 Å². The third kappa shape index (κ3) is 6.48. The smallest absolute Gasteiger partial charge is 0.360 e. The van der Waals surface area contributed by atoms with Crippen LogP contribution in [-0.2, 0) is 13.6 Å². The Hall–Kier alpha value is -4.20. The summed E-state index contributed by atoms with van der Waals surface area (Å²) in [6, 6.07) is 0. The molecule has 8 heteroatoms. The fourth-order valence-corrected chi connectivity index (χ4v) is 5.53. The third-order valence-corrected chi connectivity index (χ3v) is 7.80. The molecule has 0 atom stereocenters. The Bertz CT molecular complexity index is 1490. The van der Waals surface area contributed by atoms with Gasteiger partial charge in [-0.2, -0.15) is 0 Å². The number of rotatable bonds is 8. The van der Waals surface area contributed by atoms with Crippen LogP contribution in [-0.4, -0.2) is 50.4 Å². The van der Waals surface area contributed by atoms with Gasteiger partial charge in [0.05, 0.1) is 25.0 Å². The highest BCUT2D eigenvalue weighted by Gasteiger charge is 2.26. The van der Waals surface area contributed by atoms with Gasteiger partial charge in [0.1, 0.15) is 12.4 Å². The van der Waals surface area contributed by atoms with Gasteiger partial charge in [-0.1, -0.05) is 26.7 Å². The molecule has 1 aliphatic heterocycles. The van der Waals surface area contributed by atoms with Crippen LogP contribution in [0.5, 0.6) is 0 Å². The summed E-state index contributed by atoms with van der Waals surface area (Å²) >= 11 is 0. The summed E-state index contributed by atoms with van der Waals surface area (Å²) in [4.78, 5) is 26.5. The molecule has 0 unspecified atom stereocenters. The van der Waals surface area contributed by atoms with Gasteiger partial charge < -0.3 is 14.9 Å². The molecule has 3 aliphatic rings. The van der Waals surface area contributed by atoms with E-state index >= 15 is 0 Å². The number of imidazole rings is 1. The zero-order valence-corrected chi connectivity index (χ0v) is 26.4. The Morgan fingerprint density at radius 3 is 1.90 bits per heavy atom. The number of allylic oxidation sites excluding steroid dienone is 10. The van der Waals surface area contributed by atoms with Crippen molar-refractivity contribution >= 4 is 17.3 Å². The molecule has 0 spiro atoms. The standard InChI is InChI=1S/C34H44N6O2/c1-9-11-13-39-17-15-37(7)33(39)31(41)35-29-23(3)19-27(20-24(29)4)28-21-25(5)30(26(6)22-28)36-32(42)34-38(8)16-18-40(34)14-12-10-2/h15-22H,9-14H2,1-8H3/p+1. The normalized spacial score (nSPS) is 18.3. The van der Waals surface area contributed by atoms with Crippen LogP contribution in [0.25, 0.3) is 0 Å². The van der Waals surface area contributed by atoms with E-state index in [1.807, 2.05) is 85.5 Å². The monoisotopic (exact) mass is 569 g/mol. The molecule has 1 N–H and O–H groups in total. The summed E-state index contributed by atoms with van der Waals surface area (Å²) in [6.07, 6.45) is 20.3. The maximum atomic E-state index is 13.3. The van der Waals surface area contributed by atoms with Gasteiger partial charge in [-0.15, -0.1) is 0 Å². The summed E-state index contributed by atoms with van der Waals surface area (Å²) in [6.45, 7) is 14.0. The number of unbranched alkanes of at least 4 members (excludes halogenated alkanes) is 2. The lowest BCUT2D eigenvalue weighted by Gasteiger charge is -2.23. The van der Waals surface area contributed by atoms with Gasteiger partial charge in [0, 0.05) is 26.0 Å². The molecule has 1 amide bonds. The molecule has 0 saturated heterocycles. The highest BCUT2D eigenvalue weighted by molar-refractivity contribution is 6.19. The minimum Gasteiger partial charge on any atom is -0.491 e. The van der Waals surface area contributed by atoms with Gasteiger partial charge in [0.2, 0.25) is 0 Å². The van der Waals surface area contributed by atoms with Crippen molar-refractivity contribution in [2.24, 2.45) is 17.0 Å². The van der Waals surface area contributed by atoms with Gasteiger partial charge in [0.15, 0.2) is 5.82 Å². The molecule has 0 bridgehead atoms. The van der Waals surface area contributed by atoms with E-state index in [2.05, 4.69) is 48.1 Å². The molecule has 1 aromatic rings. The minimum atomic E-state index is -0.236. The van der Waals surface area contributed by atoms with Crippen LogP contribution in [0.1, 0.15) is 77.8 Å². The zero-order chi connectivity index (χ0) is 30.6. The van der Waals surface area contributed by atoms with E-state index in [9.17, 15) is 9.90 Å². The molecule has 0 aromatic carbocycles. The van der Waals surface area contributed by atoms with Crippen LogP contribution in [0.3, 0.4) is 0 Å². The van der Waals surface area contributed by atoms with Crippen LogP contribution in [0.2, 0.25) is 0 Å². The predicted octanol–water partition coefficient (Wildman–Crippen LogP) is 6.45. The summed E-state index contributed by atoms with van der Waals surface area (Å²) in [7, 11) is 3.81. The summed E-state index contributed by atoms with van der Waals surface area (Å²) < 4.78 is 3.83. The lowest BCUT2D eigenvalue weighted by Crippen LogP contribution is -2.35. The molecule has 222 valence electrons. The van der Waals surface area contributed by atoms with Crippen molar-refractivity contribution in [3.05, 3.63) is 100 Å². The highest BCUT2D eigenvalue weighted by Crippen LogP contribution is 2.30.